The largest absolute Gasteiger partial charge is 0.461 e. The van der Waals surface area contributed by atoms with Crippen molar-refractivity contribution >= 4 is 5.95 Å². The number of nitrogen functional groups attached to an aromatic ring is 1. The minimum atomic E-state index is -0.0442. The van der Waals surface area contributed by atoms with Crippen molar-refractivity contribution in [1.29, 1.82) is 0 Å². The number of ether oxygens (including phenoxy) is 1. The predicted octanol–water partition coefficient (Wildman–Crippen LogP) is 0.947. The second-order valence-corrected chi connectivity index (χ2v) is 4.51. The first-order valence-corrected chi connectivity index (χ1v) is 6.66. The van der Waals surface area contributed by atoms with Crippen LogP contribution in [0.4, 0.5) is 5.95 Å². The van der Waals surface area contributed by atoms with Gasteiger partial charge >= 0.3 is 6.01 Å². The van der Waals surface area contributed by atoms with Gasteiger partial charge in [0, 0.05) is 12.8 Å². The lowest BCUT2D eigenvalue weighted by Gasteiger charge is -2.09. The van der Waals surface area contributed by atoms with E-state index < -0.39 is 0 Å². The Morgan fingerprint density at radius 1 is 1.10 bits per heavy atom. The van der Waals surface area contributed by atoms with Crippen molar-refractivity contribution < 1.29 is 4.74 Å². The quantitative estimate of drug-likeness (QED) is 0.867. The number of rotatable bonds is 5. The van der Waals surface area contributed by atoms with Crippen LogP contribution >= 0.6 is 0 Å². The van der Waals surface area contributed by atoms with Gasteiger partial charge in [-0.05, 0) is 13.8 Å². The number of nitrogens with two attached hydrogens (primary N) is 1. The Bertz CT molecular complexity index is 593. The zero-order chi connectivity index (χ0) is 14.7. The fourth-order valence-corrected chi connectivity index (χ4v) is 1.65. The Balaban J connectivity index is 2.46. The molecule has 0 unspecified atom stereocenters. The smallest absolute Gasteiger partial charge is 0.323 e. The average Bonchev–Trinajstić information content (AvgIpc) is 2.80. The van der Waals surface area contributed by atoms with Gasteiger partial charge in [-0.25, -0.2) is 4.98 Å². The van der Waals surface area contributed by atoms with Gasteiger partial charge < -0.3 is 10.5 Å². The third-order valence-corrected chi connectivity index (χ3v) is 2.50. The van der Waals surface area contributed by atoms with E-state index in [0.29, 0.717) is 5.95 Å². The predicted molar refractivity (Wildman–Crippen MR) is 73.7 cm³/mol. The van der Waals surface area contributed by atoms with E-state index in [-0.39, 0.29) is 18.1 Å². The summed E-state index contributed by atoms with van der Waals surface area (Å²) < 4.78 is 7.05. The van der Waals surface area contributed by atoms with Crippen molar-refractivity contribution in [2.75, 3.05) is 5.73 Å². The monoisotopic (exact) mass is 277 g/mol. The molecule has 0 aliphatic carbocycles. The molecule has 0 spiro atoms. The Morgan fingerprint density at radius 3 is 2.45 bits per heavy atom. The topological polar surface area (TPSA) is 105 Å². The molecule has 0 atom stereocenters. The maximum Gasteiger partial charge on any atom is 0.323 e. The second-order valence-electron chi connectivity index (χ2n) is 4.51. The summed E-state index contributed by atoms with van der Waals surface area (Å²) in [6, 6.07) is 0.193. The average molecular weight is 277 g/mol. The van der Waals surface area contributed by atoms with Gasteiger partial charge in [0.1, 0.15) is 5.82 Å². The fraction of sp³-hybridized carbons (Fsp3) is 0.583. The molecule has 0 aliphatic rings. The van der Waals surface area contributed by atoms with Crippen LogP contribution in [0.15, 0.2) is 0 Å². The summed E-state index contributed by atoms with van der Waals surface area (Å²) in [5.41, 5.74) is 5.70. The SMILES string of the molecule is CCc1nc(CC)n(-c2nc(N)nc(OC(C)C)n2)n1. The summed E-state index contributed by atoms with van der Waals surface area (Å²) >= 11 is 0. The first kappa shape index (κ1) is 14.2. The summed E-state index contributed by atoms with van der Waals surface area (Å²) in [4.78, 5) is 16.7. The van der Waals surface area contributed by atoms with Crippen LogP contribution in [0.25, 0.3) is 5.95 Å². The third kappa shape index (κ3) is 3.01. The van der Waals surface area contributed by atoms with Crippen LogP contribution in [0, 0.1) is 0 Å². The van der Waals surface area contributed by atoms with Crippen LogP contribution < -0.4 is 10.5 Å². The molecule has 8 nitrogen and oxygen atoms in total. The lowest BCUT2D eigenvalue weighted by Crippen LogP contribution is -2.14. The van der Waals surface area contributed by atoms with Crippen LogP contribution in [-0.2, 0) is 12.8 Å². The molecule has 20 heavy (non-hydrogen) atoms. The Hall–Kier alpha value is -2.25. The molecule has 0 saturated carbocycles. The number of aromatic nitrogens is 6. The molecular weight excluding hydrogens is 258 g/mol. The normalized spacial score (nSPS) is 11.1. The van der Waals surface area contributed by atoms with Crippen LogP contribution in [0.1, 0.15) is 39.3 Å². The highest BCUT2D eigenvalue weighted by molar-refractivity contribution is 5.25. The third-order valence-electron chi connectivity index (χ3n) is 2.50. The highest BCUT2D eigenvalue weighted by atomic mass is 16.5. The van der Waals surface area contributed by atoms with E-state index >= 15 is 0 Å². The number of nitrogens with zero attached hydrogens (tertiary/aromatic N) is 6. The molecule has 8 heteroatoms. The van der Waals surface area contributed by atoms with E-state index in [9.17, 15) is 0 Å². The van der Waals surface area contributed by atoms with Gasteiger partial charge in [0.25, 0.3) is 5.95 Å². The van der Waals surface area contributed by atoms with E-state index in [2.05, 4.69) is 25.0 Å². The zero-order valence-electron chi connectivity index (χ0n) is 12.2. The molecule has 2 aromatic rings. The standard InChI is InChI=1S/C12H19N7O/c1-5-8-14-9(6-2)19(18-8)11-15-10(13)16-12(17-11)20-7(3)4/h7H,5-6H2,1-4H3,(H2,13,15,16,17). The summed E-state index contributed by atoms with van der Waals surface area (Å²) in [7, 11) is 0. The molecular formula is C12H19N7O. The molecule has 0 fully saturated rings. The van der Waals surface area contributed by atoms with Gasteiger partial charge in [-0.3, -0.25) is 0 Å². The molecule has 2 rings (SSSR count). The highest BCUT2D eigenvalue weighted by Gasteiger charge is 2.14. The van der Waals surface area contributed by atoms with Crippen molar-refractivity contribution in [3.05, 3.63) is 11.6 Å². The lowest BCUT2D eigenvalue weighted by molar-refractivity contribution is 0.221. The maximum atomic E-state index is 5.70. The summed E-state index contributed by atoms with van der Waals surface area (Å²) in [6.07, 6.45) is 1.42. The van der Waals surface area contributed by atoms with E-state index in [0.717, 1.165) is 24.5 Å². The summed E-state index contributed by atoms with van der Waals surface area (Å²) in [6.45, 7) is 7.77. The molecule has 0 aliphatic heterocycles. The number of anilines is 1. The van der Waals surface area contributed by atoms with Gasteiger partial charge in [-0.15, -0.1) is 5.10 Å². The van der Waals surface area contributed by atoms with Crippen molar-refractivity contribution in [3.63, 3.8) is 0 Å². The molecule has 0 aromatic carbocycles. The number of hydrogen-bond acceptors (Lipinski definition) is 7. The molecule has 108 valence electrons. The van der Waals surface area contributed by atoms with E-state index in [1.807, 2.05) is 27.7 Å². The number of aryl methyl sites for hydroxylation is 2. The van der Waals surface area contributed by atoms with Crippen molar-refractivity contribution in [2.24, 2.45) is 0 Å². The number of hydrogen-bond donors (Lipinski definition) is 1. The van der Waals surface area contributed by atoms with E-state index in [4.69, 9.17) is 10.5 Å². The Kier molecular flexibility index (Phi) is 4.11. The molecule has 0 saturated heterocycles. The van der Waals surface area contributed by atoms with Crippen molar-refractivity contribution in [1.82, 2.24) is 29.7 Å². The highest BCUT2D eigenvalue weighted by Crippen LogP contribution is 2.12. The first-order valence-electron chi connectivity index (χ1n) is 6.66. The van der Waals surface area contributed by atoms with Crippen molar-refractivity contribution in [2.45, 2.75) is 46.6 Å². The summed E-state index contributed by atoms with van der Waals surface area (Å²) in [5.74, 6) is 1.95. The van der Waals surface area contributed by atoms with E-state index in [1.165, 1.54) is 0 Å². The molecule has 2 aromatic heterocycles. The molecule has 2 N–H and O–H groups in total. The van der Waals surface area contributed by atoms with Gasteiger partial charge in [-0.1, -0.05) is 13.8 Å². The van der Waals surface area contributed by atoms with Gasteiger partial charge in [-0.2, -0.15) is 19.6 Å². The van der Waals surface area contributed by atoms with Gasteiger partial charge in [0.15, 0.2) is 5.82 Å². The van der Waals surface area contributed by atoms with Crippen LogP contribution in [0.2, 0.25) is 0 Å². The van der Waals surface area contributed by atoms with Crippen LogP contribution in [0.5, 0.6) is 6.01 Å². The molecule has 0 amide bonds. The maximum absolute atomic E-state index is 5.70. The minimum Gasteiger partial charge on any atom is -0.461 e. The molecule has 0 bridgehead atoms. The molecule has 0 radical (unpaired) electrons. The Labute approximate surface area is 117 Å². The molecule has 2 heterocycles. The summed E-state index contributed by atoms with van der Waals surface area (Å²) in [5, 5.41) is 4.37. The van der Waals surface area contributed by atoms with E-state index in [1.54, 1.807) is 4.68 Å². The van der Waals surface area contributed by atoms with Gasteiger partial charge in [0.2, 0.25) is 5.95 Å². The minimum absolute atomic E-state index is 0.0442. The lowest BCUT2D eigenvalue weighted by atomic mass is 10.4. The first-order chi connectivity index (χ1) is 9.53. The fourth-order valence-electron chi connectivity index (χ4n) is 1.65. The van der Waals surface area contributed by atoms with Crippen LogP contribution in [-0.4, -0.2) is 35.8 Å². The van der Waals surface area contributed by atoms with Crippen LogP contribution in [0.3, 0.4) is 0 Å². The zero-order valence-corrected chi connectivity index (χ0v) is 12.2. The van der Waals surface area contributed by atoms with Crippen molar-refractivity contribution in [3.8, 4) is 12.0 Å². The Morgan fingerprint density at radius 2 is 1.85 bits per heavy atom. The van der Waals surface area contributed by atoms with Gasteiger partial charge in [0.05, 0.1) is 6.10 Å². The second kappa shape index (κ2) is 5.81.